The standard InChI is InChI=1S/C24H29N5O6/c1-13-9-17(15(3)29(13)4)11-25-28-20(30)12-35-18-8-7-16(10-19(18)33-5)22-21(23(31)34-6)14(2)26-24(32)27-22/h7-11,22H,12H2,1-6H3,(H,28,30)(H2,26,27,32)/b25-11-/t22-/m1/s1. The molecular formula is C24H29N5O6. The van der Waals surface area contributed by atoms with Crippen LogP contribution in [0.3, 0.4) is 0 Å². The quantitative estimate of drug-likeness (QED) is 0.299. The maximum atomic E-state index is 12.3. The van der Waals surface area contributed by atoms with Crippen molar-refractivity contribution < 1.29 is 28.6 Å². The summed E-state index contributed by atoms with van der Waals surface area (Å²) in [6.07, 6.45) is 1.58. The van der Waals surface area contributed by atoms with Crippen LogP contribution in [0, 0.1) is 13.8 Å². The number of nitrogens with one attached hydrogen (secondary N) is 3. The average Bonchev–Trinajstić information content (AvgIpc) is 3.08. The van der Waals surface area contributed by atoms with E-state index in [1.165, 1.54) is 14.2 Å². The summed E-state index contributed by atoms with van der Waals surface area (Å²) in [5.41, 5.74) is 6.70. The van der Waals surface area contributed by atoms with Gasteiger partial charge in [-0.3, -0.25) is 4.79 Å². The highest BCUT2D eigenvalue weighted by molar-refractivity contribution is 5.95. The van der Waals surface area contributed by atoms with Crippen molar-refractivity contribution in [1.82, 2.24) is 20.6 Å². The molecule has 0 unspecified atom stereocenters. The molecular weight excluding hydrogens is 454 g/mol. The molecule has 3 rings (SSSR count). The van der Waals surface area contributed by atoms with Gasteiger partial charge in [-0.25, -0.2) is 15.0 Å². The van der Waals surface area contributed by atoms with Crippen molar-refractivity contribution in [1.29, 1.82) is 0 Å². The summed E-state index contributed by atoms with van der Waals surface area (Å²) in [5, 5.41) is 9.27. The fourth-order valence-corrected chi connectivity index (χ4v) is 3.67. The van der Waals surface area contributed by atoms with Gasteiger partial charge in [0.05, 0.1) is 32.0 Å². The Morgan fingerprint density at radius 1 is 1.17 bits per heavy atom. The monoisotopic (exact) mass is 483 g/mol. The number of hydrogen-bond donors (Lipinski definition) is 3. The maximum Gasteiger partial charge on any atom is 0.337 e. The molecule has 1 atom stereocenters. The van der Waals surface area contributed by atoms with Crippen molar-refractivity contribution in [2.45, 2.75) is 26.8 Å². The molecule has 2 heterocycles. The maximum absolute atomic E-state index is 12.3. The lowest BCUT2D eigenvalue weighted by Crippen LogP contribution is -2.45. The molecule has 0 saturated carbocycles. The molecule has 1 aliphatic rings. The number of ether oxygens (including phenoxy) is 3. The molecule has 2 aromatic rings. The Morgan fingerprint density at radius 3 is 2.54 bits per heavy atom. The Labute approximate surface area is 203 Å². The molecule has 3 N–H and O–H groups in total. The van der Waals surface area contributed by atoms with E-state index in [4.69, 9.17) is 14.2 Å². The van der Waals surface area contributed by atoms with Crippen LogP contribution in [-0.2, 0) is 21.4 Å². The zero-order valence-electron chi connectivity index (χ0n) is 20.5. The van der Waals surface area contributed by atoms with Gasteiger partial charge in [0.1, 0.15) is 0 Å². The summed E-state index contributed by atoms with van der Waals surface area (Å²) < 4.78 is 17.9. The van der Waals surface area contributed by atoms with Gasteiger partial charge in [0.25, 0.3) is 5.91 Å². The first-order valence-electron chi connectivity index (χ1n) is 10.8. The molecule has 0 fully saturated rings. The second kappa shape index (κ2) is 10.8. The van der Waals surface area contributed by atoms with Crippen LogP contribution < -0.4 is 25.5 Å². The van der Waals surface area contributed by atoms with E-state index in [0.717, 1.165) is 17.0 Å². The van der Waals surface area contributed by atoms with Gasteiger partial charge in [-0.2, -0.15) is 5.10 Å². The topological polar surface area (TPSA) is 132 Å². The second-order valence-corrected chi connectivity index (χ2v) is 7.94. The lowest BCUT2D eigenvalue weighted by molar-refractivity contribution is -0.136. The smallest absolute Gasteiger partial charge is 0.337 e. The van der Waals surface area contributed by atoms with Gasteiger partial charge < -0.3 is 29.4 Å². The Morgan fingerprint density at radius 2 is 1.91 bits per heavy atom. The number of hydrazone groups is 1. The van der Waals surface area contributed by atoms with Crippen LogP contribution in [0.4, 0.5) is 4.79 Å². The highest BCUT2D eigenvalue weighted by atomic mass is 16.5. The third kappa shape index (κ3) is 5.62. The number of benzene rings is 1. The number of amides is 3. The summed E-state index contributed by atoms with van der Waals surface area (Å²) in [7, 11) is 4.68. The fourth-order valence-electron chi connectivity index (χ4n) is 3.67. The highest BCUT2D eigenvalue weighted by Gasteiger charge is 2.32. The summed E-state index contributed by atoms with van der Waals surface area (Å²) in [5.74, 6) is -0.387. The van der Waals surface area contributed by atoms with Gasteiger partial charge in [-0.1, -0.05) is 6.07 Å². The Bertz CT molecular complexity index is 1210. The minimum atomic E-state index is -0.748. The molecule has 1 aromatic heterocycles. The molecule has 11 nitrogen and oxygen atoms in total. The number of carbonyl (C=O) groups excluding carboxylic acids is 3. The summed E-state index contributed by atoms with van der Waals surface area (Å²) in [6.45, 7) is 5.28. The predicted octanol–water partition coefficient (Wildman–Crippen LogP) is 1.98. The number of nitrogens with zero attached hydrogens (tertiary/aromatic N) is 2. The lowest BCUT2D eigenvalue weighted by Gasteiger charge is -2.28. The van der Waals surface area contributed by atoms with E-state index in [1.807, 2.05) is 31.5 Å². The number of aryl methyl sites for hydroxylation is 1. The SMILES string of the molecule is COC(=O)C1=C(C)NC(=O)N[C@@H]1c1ccc(OCC(=O)N/N=C\c2cc(C)n(C)c2C)c(OC)c1. The number of aromatic nitrogens is 1. The molecule has 1 aromatic carbocycles. The first kappa shape index (κ1) is 25.3. The number of methoxy groups -OCH3 is 2. The van der Waals surface area contributed by atoms with Gasteiger partial charge in [0.15, 0.2) is 18.1 Å². The molecule has 0 spiro atoms. The summed E-state index contributed by atoms with van der Waals surface area (Å²) in [4.78, 5) is 36.5. The van der Waals surface area contributed by atoms with Crippen molar-refractivity contribution in [3.63, 3.8) is 0 Å². The van der Waals surface area contributed by atoms with Gasteiger partial charge in [-0.15, -0.1) is 0 Å². The van der Waals surface area contributed by atoms with Crippen molar-refractivity contribution >= 4 is 24.1 Å². The number of allylic oxidation sites excluding steroid dienone is 1. The first-order valence-corrected chi connectivity index (χ1v) is 10.8. The van der Waals surface area contributed by atoms with Crippen LogP contribution in [0.2, 0.25) is 0 Å². The van der Waals surface area contributed by atoms with Crippen LogP contribution in [-0.4, -0.2) is 49.5 Å². The van der Waals surface area contributed by atoms with Crippen molar-refractivity contribution in [3.8, 4) is 11.5 Å². The van der Waals surface area contributed by atoms with Crippen molar-refractivity contribution in [2.24, 2.45) is 12.1 Å². The molecule has 1 aliphatic heterocycles. The molecule has 186 valence electrons. The van der Waals surface area contributed by atoms with Crippen molar-refractivity contribution in [2.75, 3.05) is 20.8 Å². The Hall–Kier alpha value is -4.28. The number of esters is 1. The third-order valence-corrected chi connectivity index (χ3v) is 5.76. The van der Waals surface area contributed by atoms with E-state index in [9.17, 15) is 14.4 Å². The van der Waals surface area contributed by atoms with Crippen LogP contribution in [0.25, 0.3) is 0 Å². The summed E-state index contributed by atoms with van der Waals surface area (Å²) in [6, 6.07) is 5.67. The van der Waals surface area contributed by atoms with Gasteiger partial charge >= 0.3 is 12.0 Å². The first-order chi connectivity index (χ1) is 16.7. The van der Waals surface area contributed by atoms with Gasteiger partial charge in [-0.05, 0) is 44.5 Å². The van der Waals surface area contributed by atoms with E-state index in [1.54, 1.807) is 31.3 Å². The molecule has 3 amide bonds. The fraction of sp³-hybridized carbons (Fsp3) is 0.333. The molecule has 0 saturated heterocycles. The van der Waals surface area contributed by atoms with Gasteiger partial charge in [0.2, 0.25) is 0 Å². The van der Waals surface area contributed by atoms with E-state index < -0.39 is 23.9 Å². The van der Waals surface area contributed by atoms with Crippen LogP contribution >= 0.6 is 0 Å². The van der Waals surface area contributed by atoms with Crippen LogP contribution in [0.5, 0.6) is 11.5 Å². The number of carbonyl (C=O) groups is 3. The third-order valence-electron chi connectivity index (χ3n) is 5.76. The zero-order valence-corrected chi connectivity index (χ0v) is 20.5. The number of urea groups is 1. The van der Waals surface area contributed by atoms with Crippen LogP contribution in [0.15, 0.2) is 40.6 Å². The van der Waals surface area contributed by atoms with Gasteiger partial charge in [0, 0.05) is 29.7 Å². The molecule has 35 heavy (non-hydrogen) atoms. The van der Waals surface area contributed by atoms with E-state index in [2.05, 4.69) is 21.2 Å². The Kier molecular flexibility index (Phi) is 7.80. The average molecular weight is 484 g/mol. The van der Waals surface area contributed by atoms with E-state index >= 15 is 0 Å². The van der Waals surface area contributed by atoms with Crippen molar-refractivity contribution in [3.05, 3.63) is 58.1 Å². The predicted molar refractivity (Wildman–Crippen MR) is 128 cm³/mol. The normalized spacial score (nSPS) is 15.5. The molecule has 0 radical (unpaired) electrons. The van der Waals surface area contributed by atoms with Crippen LogP contribution in [0.1, 0.15) is 35.5 Å². The van der Waals surface area contributed by atoms with E-state index in [0.29, 0.717) is 22.8 Å². The number of hydrogen-bond acceptors (Lipinski definition) is 7. The highest BCUT2D eigenvalue weighted by Crippen LogP contribution is 2.34. The molecule has 0 aliphatic carbocycles. The minimum absolute atomic E-state index is 0.268. The Balaban J connectivity index is 1.69. The molecule has 0 bridgehead atoms. The zero-order chi connectivity index (χ0) is 25.7. The van der Waals surface area contributed by atoms with E-state index in [-0.39, 0.29) is 12.2 Å². The largest absolute Gasteiger partial charge is 0.493 e. The summed E-state index contributed by atoms with van der Waals surface area (Å²) >= 11 is 0. The number of rotatable bonds is 8. The minimum Gasteiger partial charge on any atom is -0.493 e. The second-order valence-electron chi connectivity index (χ2n) is 7.94. The molecule has 11 heteroatoms. The lowest BCUT2D eigenvalue weighted by atomic mass is 9.95.